The average molecular weight is 312 g/mol. The van der Waals surface area contributed by atoms with Crippen LogP contribution in [-0.4, -0.2) is 43.1 Å². The maximum absolute atomic E-state index is 13.6. The van der Waals surface area contributed by atoms with Crippen molar-refractivity contribution in [3.8, 4) is 16.9 Å². The maximum Gasteiger partial charge on any atom is 0.258 e. The number of hydrogen-bond donors (Lipinski definition) is 1. The number of hydrogen-bond acceptors (Lipinski definition) is 3. The van der Waals surface area contributed by atoms with Crippen LogP contribution in [0.3, 0.4) is 0 Å². The third-order valence-electron chi connectivity index (χ3n) is 4.42. The topological polar surface area (TPSA) is 41.6 Å². The number of nitrogens with zero attached hydrogens (tertiary/aromatic N) is 1. The molecule has 0 saturated carbocycles. The van der Waals surface area contributed by atoms with E-state index in [0.717, 1.165) is 13.1 Å². The minimum Gasteiger partial charge on any atom is -0.491 e. The Morgan fingerprint density at radius 1 is 1.22 bits per heavy atom. The highest BCUT2D eigenvalue weighted by Crippen LogP contribution is 2.34. The van der Waals surface area contributed by atoms with Crippen molar-refractivity contribution in [1.29, 1.82) is 0 Å². The number of halogens is 1. The molecule has 23 heavy (non-hydrogen) atoms. The first-order chi connectivity index (χ1) is 11.2. The predicted octanol–water partition coefficient (Wildman–Crippen LogP) is 2.30. The van der Waals surface area contributed by atoms with Gasteiger partial charge in [-0.25, -0.2) is 4.39 Å². The van der Waals surface area contributed by atoms with E-state index in [1.807, 2.05) is 29.2 Å². The lowest BCUT2D eigenvalue weighted by atomic mass is 9.97. The van der Waals surface area contributed by atoms with Crippen LogP contribution in [0, 0.1) is 5.82 Å². The van der Waals surface area contributed by atoms with Gasteiger partial charge in [-0.1, -0.05) is 24.3 Å². The standard InChI is InChI=1S/C18H17FN2O2/c19-13-4-1-3-12(9-13)15-5-2-6-16-17(15)18(22)21-8-7-20-10-14(21)11-23-16/h1-6,9,14,20H,7-8,10-11H2. The van der Waals surface area contributed by atoms with Crippen molar-refractivity contribution in [1.82, 2.24) is 10.2 Å². The molecule has 118 valence electrons. The molecular formula is C18H17FN2O2. The van der Waals surface area contributed by atoms with Gasteiger partial charge in [0, 0.05) is 19.6 Å². The van der Waals surface area contributed by atoms with Crippen LogP contribution in [0.15, 0.2) is 42.5 Å². The second-order valence-electron chi connectivity index (χ2n) is 5.86. The Balaban J connectivity index is 1.85. The highest BCUT2D eigenvalue weighted by Gasteiger charge is 2.34. The van der Waals surface area contributed by atoms with Crippen LogP contribution in [0.25, 0.3) is 11.1 Å². The summed E-state index contributed by atoms with van der Waals surface area (Å²) < 4.78 is 19.5. The number of nitrogens with one attached hydrogen (secondary N) is 1. The average Bonchev–Trinajstić information content (AvgIpc) is 2.73. The lowest BCUT2D eigenvalue weighted by Gasteiger charge is -2.34. The maximum atomic E-state index is 13.6. The van der Waals surface area contributed by atoms with Crippen LogP contribution in [0.2, 0.25) is 0 Å². The Hall–Kier alpha value is -2.40. The van der Waals surface area contributed by atoms with Crippen LogP contribution >= 0.6 is 0 Å². The van der Waals surface area contributed by atoms with Crippen molar-refractivity contribution in [3.05, 3.63) is 53.8 Å². The van der Waals surface area contributed by atoms with E-state index in [0.29, 0.717) is 35.6 Å². The van der Waals surface area contributed by atoms with Crippen LogP contribution in [0.1, 0.15) is 10.4 Å². The molecule has 0 aromatic heterocycles. The molecule has 1 N–H and O–H groups in total. The van der Waals surface area contributed by atoms with Crippen molar-refractivity contribution in [2.45, 2.75) is 6.04 Å². The molecular weight excluding hydrogens is 295 g/mol. The van der Waals surface area contributed by atoms with Crippen molar-refractivity contribution in [2.24, 2.45) is 0 Å². The SMILES string of the molecule is O=C1c2c(cccc2-c2cccc(F)c2)OCC2CNCCN12. The third-order valence-corrected chi connectivity index (χ3v) is 4.42. The van der Waals surface area contributed by atoms with Gasteiger partial charge in [-0.3, -0.25) is 4.79 Å². The van der Waals surface area contributed by atoms with Gasteiger partial charge in [0.05, 0.1) is 11.6 Å². The van der Waals surface area contributed by atoms with Gasteiger partial charge in [0.15, 0.2) is 0 Å². The number of rotatable bonds is 1. The minimum absolute atomic E-state index is 0.0315. The van der Waals surface area contributed by atoms with Gasteiger partial charge in [0.1, 0.15) is 18.2 Å². The summed E-state index contributed by atoms with van der Waals surface area (Å²) in [5.41, 5.74) is 1.93. The fraction of sp³-hybridized carbons (Fsp3) is 0.278. The van der Waals surface area contributed by atoms with Gasteiger partial charge in [-0.05, 0) is 29.3 Å². The van der Waals surface area contributed by atoms with Gasteiger partial charge in [0.2, 0.25) is 0 Å². The first kappa shape index (κ1) is 14.2. The van der Waals surface area contributed by atoms with E-state index >= 15 is 0 Å². The predicted molar refractivity (Wildman–Crippen MR) is 85.0 cm³/mol. The minimum atomic E-state index is -0.317. The molecule has 1 amide bonds. The van der Waals surface area contributed by atoms with Crippen LogP contribution < -0.4 is 10.1 Å². The zero-order valence-corrected chi connectivity index (χ0v) is 12.6. The zero-order valence-electron chi connectivity index (χ0n) is 12.6. The molecule has 1 unspecified atom stereocenters. The summed E-state index contributed by atoms with van der Waals surface area (Å²) in [5, 5.41) is 3.29. The molecule has 4 rings (SSSR count). The highest BCUT2D eigenvalue weighted by molar-refractivity contribution is 6.04. The number of carbonyl (C=O) groups excluding carboxylic acids is 1. The summed E-state index contributed by atoms with van der Waals surface area (Å²) in [6.45, 7) is 2.64. The van der Waals surface area contributed by atoms with Crippen molar-refractivity contribution < 1.29 is 13.9 Å². The number of amides is 1. The summed E-state index contributed by atoms with van der Waals surface area (Å²) in [5.74, 6) is 0.220. The molecule has 2 aliphatic heterocycles. The van der Waals surface area contributed by atoms with E-state index in [1.165, 1.54) is 12.1 Å². The van der Waals surface area contributed by atoms with E-state index in [-0.39, 0.29) is 17.8 Å². The summed E-state index contributed by atoms with van der Waals surface area (Å²) in [7, 11) is 0. The molecule has 1 fully saturated rings. The second kappa shape index (κ2) is 5.66. The molecule has 0 bridgehead atoms. The molecule has 2 heterocycles. The Kier molecular flexibility index (Phi) is 3.50. The van der Waals surface area contributed by atoms with Crippen molar-refractivity contribution in [3.63, 3.8) is 0 Å². The number of piperazine rings is 1. The van der Waals surface area contributed by atoms with E-state index in [4.69, 9.17) is 4.74 Å². The molecule has 2 aromatic rings. The normalized spacial score (nSPS) is 20.3. The molecule has 0 aliphatic carbocycles. The van der Waals surface area contributed by atoms with Gasteiger partial charge < -0.3 is 15.0 Å². The van der Waals surface area contributed by atoms with E-state index in [1.54, 1.807) is 6.07 Å². The zero-order chi connectivity index (χ0) is 15.8. The summed E-state index contributed by atoms with van der Waals surface area (Å²) in [6.07, 6.45) is 0. The number of ether oxygens (including phenoxy) is 1. The Morgan fingerprint density at radius 3 is 2.96 bits per heavy atom. The highest BCUT2D eigenvalue weighted by atomic mass is 19.1. The smallest absolute Gasteiger partial charge is 0.258 e. The van der Waals surface area contributed by atoms with Crippen molar-refractivity contribution in [2.75, 3.05) is 26.2 Å². The Bertz CT molecular complexity index is 762. The largest absolute Gasteiger partial charge is 0.491 e. The molecule has 0 spiro atoms. The lowest BCUT2D eigenvalue weighted by Crippen LogP contribution is -2.54. The van der Waals surface area contributed by atoms with Crippen LogP contribution in [0.5, 0.6) is 5.75 Å². The third kappa shape index (κ3) is 2.47. The summed E-state index contributed by atoms with van der Waals surface area (Å²) >= 11 is 0. The Labute approximate surface area is 133 Å². The molecule has 2 aromatic carbocycles. The number of carbonyl (C=O) groups is 1. The molecule has 1 saturated heterocycles. The van der Waals surface area contributed by atoms with Gasteiger partial charge >= 0.3 is 0 Å². The van der Waals surface area contributed by atoms with Gasteiger partial charge in [-0.2, -0.15) is 0 Å². The second-order valence-corrected chi connectivity index (χ2v) is 5.86. The molecule has 1 atom stereocenters. The van der Waals surface area contributed by atoms with E-state index < -0.39 is 0 Å². The summed E-state index contributed by atoms with van der Waals surface area (Å²) in [4.78, 5) is 14.9. The van der Waals surface area contributed by atoms with Gasteiger partial charge in [0.25, 0.3) is 5.91 Å². The van der Waals surface area contributed by atoms with E-state index in [2.05, 4.69) is 5.32 Å². The molecule has 4 nitrogen and oxygen atoms in total. The molecule has 2 aliphatic rings. The monoisotopic (exact) mass is 312 g/mol. The first-order valence-electron chi connectivity index (χ1n) is 7.77. The Morgan fingerprint density at radius 2 is 2.09 bits per heavy atom. The quantitative estimate of drug-likeness (QED) is 0.878. The van der Waals surface area contributed by atoms with Crippen LogP contribution in [0.4, 0.5) is 4.39 Å². The van der Waals surface area contributed by atoms with Crippen molar-refractivity contribution >= 4 is 5.91 Å². The number of fused-ring (bicyclic) bond motifs is 2. The fourth-order valence-corrected chi connectivity index (χ4v) is 3.28. The van der Waals surface area contributed by atoms with Gasteiger partial charge in [-0.15, -0.1) is 0 Å². The fourth-order valence-electron chi connectivity index (χ4n) is 3.28. The lowest BCUT2D eigenvalue weighted by molar-refractivity contribution is 0.0607. The van der Waals surface area contributed by atoms with E-state index in [9.17, 15) is 9.18 Å². The molecule has 5 heteroatoms. The van der Waals surface area contributed by atoms with Crippen LogP contribution in [-0.2, 0) is 0 Å². The number of benzene rings is 2. The first-order valence-corrected chi connectivity index (χ1v) is 7.77. The summed E-state index contributed by atoms with van der Waals surface area (Å²) in [6, 6.07) is 11.8. The molecule has 0 radical (unpaired) electrons.